The number of nitrogens with two attached hydrogens (primary N) is 1. The van der Waals surface area contributed by atoms with Crippen LogP contribution in [0, 0.1) is 10.8 Å². The van der Waals surface area contributed by atoms with Crippen LogP contribution < -0.4 is 5.73 Å². The largest absolute Gasteiger partial charge is 0.328 e. The van der Waals surface area contributed by atoms with E-state index >= 15 is 0 Å². The molecule has 0 atom stereocenters. The minimum absolute atomic E-state index is 0.455. The fourth-order valence-corrected chi connectivity index (χ4v) is 4.33. The van der Waals surface area contributed by atoms with Gasteiger partial charge in [-0.15, -0.1) is 0 Å². The van der Waals surface area contributed by atoms with Crippen molar-refractivity contribution in [3.63, 3.8) is 0 Å². The van der Waals surface area contributed by atoms with Crippen LogP contribution >= 0.6 is 0 Å². The Morgan fingerprint density at radius 3 is 1.88 bits per heavy atom. The fourth-order valence-electron chi connectivity index (χ4n) is 4.33. The average molecular weight is 238 g/mol. The van der Waals surface area contributed by atoms with Crippen molar-refractivity contribution in [2.75, 3.05) is 13.1 Å². The normalized spacial score (nSPS) is 31.6. The molecule has 1 aliphatic carbocycles. The second kappa shape index (κ2) is 4.55. The topological polar surface area (TPSA) is 29.3 Å². The summed E-state index contributed by atoms with van der Waals surface area (Å²) in [6.45, 7) is 12.2. The molecule has 0 aromatic rings. The summed E-state index contributed by atoms with van der Waals surface area (Å²) in [6, 6.07) is 1.25. The lowest BCUT2D eigenvalue weighted by molar-refractivity contribution is 0.0145. The summed E-state index contributed by atoms with van der Waals surface area (Å²) < 4.78 is 0. The van der Waals surface area contributed by atoms with E-state index < -0.39 is 0 Å². The second-order valence-electron chi connectivity index (χ2n) is 7.94. The van der Waals surface area contributed by atoms with E-state index in [2.05, 4.69) is 32.6 Å². The van der Waals surface area contributed by atoms with E-state index in [-0.39, 0.29) is 0 Å². The standard InChI is InChI=1S/C15H30N2/c1-14(2)9-13(10-15(3,4)11-14)17-7-5-12(16)6-8-17/h12-13H,5-11,16H2,1-4H3. The van der Waals surface area contributed by atoms with E-state index in [1.165, 1.54) is 45.2 Å². The highest BCUT2D eigenvalue weighted by molar-refractivity contribution is 4.94. The van der Waals surface area contributed by atoms with Crippen molar-refractivity contribution in [1.29, 1.82) is 0 Å². The Hall–Kier alpha value is -0.0800. The average Bonchev–Trinajstić information content (AvgIpc) is 2.13. The van der Waals surface area contributed by atoms with Gasteiger partial charge in [-0.3, -0.25) is 0 Å². The summed E-state index contributed by atoms with van der Waals surface area (Å²) in [5, 5.41) is 0. The van der Waals surface area contributed by atoms with Crippen LogP contribution in [0.5, 0.6) is 0 Å². The molecule has 1 heterocycles. The van der Waals surface area contributed by atoms with Crippen molar-refractivity contribution in [2.24, 2.45) is 16.6 Å². The molecule has 0 spiro atoms. The molecule has 0 aromatic carbocycles. The molecule has 0 unspecified atom stereocenters. The van der Waals surface area contributed by atoms with Crippen molar-refractivity contribution in [2.45, 2.75) is 71.9 Å². The molecular weight excluding hydrogens is 208 g/mol. The van der Waals surface area contributed by atoms with Crippen LogP contribution in [0.25, 0.3) is 0 Å². The SMILES string of the molecule is CC1(C)CC(N2CCC(N)CC2)CC(C)(C)C1. The zero-order valence-corrected chi connectivity index (χ0v) is 12.1. The molecule has 2 nitrogen and oxygen atoms in total. The first-order valence-electron chi connectivity index (χ1n) is 7.27. The lowest BCUT2D eigenvalue weighted by atomic mass is 9.63. The number of nitrogens with zero attached hydrogens (tertiary/aromatic N) is 1. The van der Waals surface area contributed by atoms with Crippen molar-refractivity contribution in [3.05, 3.63) is 0 Å². The first-order valence-corrected chi connectivity index (χ1v) is 7.27. The Balaban J connectivity index is 2.00. The molecule has 2 heteroatoms. The van der Waals surface area contributed by atoms with E-state index in [0.29, 0.717) is 16.9 Å². The molecule has 2 rings (SSSR count). The molecule has 100 valence electrons. The number of piperidine rings is 1. The van der Waals surface area contributed by atoms with Crippen molar-refractivity contribution >= 4 is 0 Å². The molecule has 0 aromatic heterocycles. The molecular formula is C15H30N2. The van der Waals surface area contributed by atoms with E-state index in [9.17, 15) is 0 Å². The maximum Gasteiger partial charge on any atom is 0.0105 e. The number of likely N-dealkylation sites (tertiary alicyclic amines) is 1. The van der Waals surface area contributed by atoms with Gasteiger partial charge < -0.3 is 10.6 Å². The minimum atomic E-state index is 0.455. The van der Waals surface area contributed by atoms with Crippen molar-refractivity contribution in [1.82, 2.24) is 4.90 Å². The summed E-state index contributed by atoms with van der Waals surface area (Å²) in [5.41, 5.74) is 7.02. The summed E-state index contributed by atoms with van der Waals surface area (Å²) in [5.74, 6) is 0. The van der Waals surface area contributed by atoms with Gasteiger partial charge >= 0.3 is 0 Å². The lowest BCUT2D eigenvalue weighted by Gasteiger charge is -2.49. The van der Waals surface area contributed by atoms with Crippen LogP contribution in [-0.2, 0) is 0 Å². The molecule has 1 aliphatic heterocycles. The molecule has 2 aliphatic rings. The van der Waals surface area contributed by atoms with Crippen LogP contribution in [0.2, 0.25) is 0 Å². The van der Waals surface area contributed by atoms with Gasteiger partial charge in [0.2, 0.25) is 0 Å². The highest BCUT2D eigenvalue weighted by Gasteiger charge is 2.40. The first kappa shape index (κ1) is 13.4. The summed E-state index contributed by atoms with van der Waals surface area (Å²) in [4.78, 5) is 2.71. The smallest absolute Gasteiger partial charge is 0.0105 e. The number of hydrogen-bond acceptors (Lipinski definition) is 2. The van der Waals surface area contributed by atoms with Crippen LogP contribution in [-0.4, -0.2) is 30.1 Å². The molecule has 17 heavy (non-hydrogen) atoms. The number of hydrogen-bond donors (Lipinski definition) is 1. The van der Waals surface area contributed by atoms with Gasteiger partial charge in [0, 0.05) is 12.1 Å². The minimum Gasteiger partial charge on any atom is -0.328 e. The highest BCUT2D eigenvalue weighted by atomic mass is 15.2. The molecule has 0 amide bonds. The van der Waals surface area contributed by atoms with E-state index in [1.54, 1.807) is 0 Å². The monoisotopic (exact) mass is 238 g/mol. The van der Waals surface area contributed by atoms with Crippen molar-refractivity contribution in [3.8, 4) is 0 Å². The number of rotatable bonds is 1. The van der Waals surface area contributed by atoms with Gasteiger partial charge in [0.1, 0.15) is 0 Å². The maximum absolute atomic E-state index is 6.01. The van der Waals surface area contributed by atoms with Crippen LogP contribution in [0.15, 0.2) is 0 Å². The van der Waals surface area contributed by atoms with Crippen molar-refractivity contribution < 1.29 is 0 Å². The van der Waals surface area contributed by atoms with Gasteiger partial charge in [0.15, 0.2) is 0 Å². The van der Waals surface area contributed by atoms with Crippen LogP contribution in [0.1, 0.15) is 59.8 Å². The third-order valence-corrected chi connectivity index (χ3v) is 4.62. The van der Waals surface area contributed by atoms with Gasteiger partial charge in [-0.05, 0) is 56.0 Å². The Bertz CT molecular complexity index is 246. The van der Waals surface area contributed by atoms with Crippen LogP contribution in [0.4, 0.5) is 0 Å². The van der Waals surface area contributed by atoms with Gasteiger partial charge in [0.05, 0.1) is 0 Å². The highest BCUT2D eigenvalue weighted by Crippen LogP contribution is 2.47. The maximum atomic E-state index is 6.01. The molecule has 2 fully saturated rings. The summed E-state index contributed by atoms with van der Waals surface area (Å²) in [7, 11) is 0. The van der Waals surface area contributed by atoms with Gasteiger partial charge in [-0.25, -0.2) is 0 Å². The molecule has 0 bridgehead atoms. The van der Waals surface area contributed by atoms with E-state index in [1.807, 2.05) is 0 Å². The zero-order valence-electron chi connectivity index (χ0n) is 12.1. The Kier molecular flexibility index (Phi) is 3.57. The Morgan fingerprint density at radius 2 is 1.41 bits per heavy atom. The van der Waals surface area contributed by atoms with Crippen LogP contribution in [0.3, 0.4) is 0 Å². The lowest BCUT2D eigenvalue weighted by Crippen LogP contribution is -2.50. The zero-order chi connectivity index (χ0) is 12.7. The Labute approximate surface area is 107 Å². The molecule has 2 N–H and O–H groups in total. The molecule has 1 saturated heterocycles. The predicted molar refractivity (Wildman–Crippen MR) is 74.0 cm³/mol. The summed E-state index contributed by atoms with van der Waals surface area (Å²) in [6.07, 6.45) is 6.48. The molecule has 1 saturated carbocycles. The second-order valence-corrected chi connectivity index (χ2v) is 7.94. The quantitative estimate of drug-likeness (QED) is 0.761. The summed E-state index contributed by atoms with van der Waals surface area (Å²) >= 11 is 0. The predicted octanol–water partition coefficient (Wildman–Crippen LogP) is 3.01. The molecule has 0 radical (unpaired) electrons. The van der Waals surface area contributed by atoms with Gasteiger partial charge in [-0.2, -0.15) is 0 Å². The van der Waals surface area contributed by atoms with Gasteiger partial charge in [-0.1, -0.05) is 27.7 Å². The van der Waals surface area contributed by atoms with Gasteiger partial charge in [0.25, 0.3) is 0 Å². The third-order valence-electron chi connectivity index (χ3n) is 4.62. The van der Waals surface area contributed by atoms with E-state index in [4.69, 9.17) is 5.73 Å². The van der Waals surface area contributed by atoms with E-state index in [0.717, 1.165) is 6.04 Å². The third kappa shape index (κ3) is 3.45. The Morgan fingerprint density at radius 1 is 0.941 bits per heavy atom. The fraction of sp³-hybridized carbons (Fsp3) is 1.00. The first-order chi connectivity index (χ1) is 7.77.